The van der Waals surface area contributed by atoms with Crippen LogP contribution >= 0.6 is 0 Å². The summed E-state index contributed by atoms with van der Waals surface area (Å²) in [6.45, 7) is 7.14. The first-order valence-electron chi connectivity index (χ1n) is 6.96. The Labute approximate surface area is 121 Å². The van der Waals surface area contributed by atoms with Gasteiger partial charge in [0.05, 0.1) is 4.90 Å². The Morgan fingerprint density at radius 3 is 2.65 bits per heavy atom. The minimum atomic E-state index is -3.37. The first kappa shape index (κ1) is 15.4. The maximum absolute atomic E-state index is 12.5. The number of likely N-dealkylation sites (N-methyl/N-ethyl adjacent to an activating group) is 1. The van der Waals surface area contributed by atoms with Gasteiger partial charge >= 0.3 is 0 Å². The van der Waals surface area contributed by atoms with E-state index in [4.69, 9.17) is 0 Å². The Morgan fingerprint density at radius 1 is 1.30 bits per heavy atom. The molecule has 0 amide bonds. The number of benzene rings is 1. The molecule has 1 aliphatic rings. The van der Waals surface area contributed by atoms with Gasteiger partial charge in [-0.15, -0.1) is 0 Å². The molecule has 1 heterocycles. The molecule has 1 saturated heterocycles. The third-order valence-electron chi connectivity index (χ3n) is 3.64. The highest BCUT2D eigenvalue weighted by molar-refractivity contribution is 7.89. The summed E-state index contributed by atoms with van der Waals surface area (Å²) in [6.07, 6.45) is 0. The summed E-state index contributed by atoms with van der Waals surface area (Å²) in [7, 11) is -1.72. The molecular weight excluding hydrogens is 274 g/mol. The monoisotopic (exact) mass is 297 g/mol. The number of hydrogen-bond acceptors (Lipinski definition) is 4. The first-order valence-corrected chi connectivity index (χ1v) is 8.40. The molecule has 0 aliphatic carbocycles. The summed E-state index contributed by atoms with van der Waals surface area (Å²) in [5.41, 5.74) is 0.960. The lowest BCUT2D eigenvalue weighted by Crippen LogP contribution is -2.46. The summed E-state index contributed by atoms with van der Waals surface area (Å²) in [4.78, 5) is 2.67. The van der Waals surface area contributed by atoms with Crippen molar-refractivity contribution in [2.45, 2.75) is 11.8 Å². The second-order valence-corrected chi connectivity index (χ2v) is 7.28. The molecule has 6 heteroatoms. The molecule has 1 aliphatic heterocycles. The van der Waals surface area contributed by atoms with E-state index in [1.54, 1.807) is 25.2 Å². The lowest BCUT2D eigenvalue weighted by molar-refractivity contribution is 0.229. The van der Waals surface area contributed by atoms with Crippen LogP contribution in [0.1, 0.15) is 5.56 Å². The number of nitrogens with one attached hydrogen (secondary N) is 1. The van der Waals surface area contributed by atoms with Crippen molar-refractivity contribution in [3.8, 4) is 0 Å². The van der Waals surface area contributed by atoms with Crippen LogP contribution < -0.4 is 5.32 Å². The van der Waals surface area contributed by atoms with Crippen LogP contribution in [0.3, 0.4) is 0 Å². The van der Waals surface area contributed by atoms with Crippen LogP contribution in [-0.2, 0) is 10.0 Å². The second kappa shape index (κ2) is 6.67. The SMILES string of the molecule is Cc1cccc(S(=O)(=O)N(C)CCN2CCNCC2)c1. The number of nitrogens with zero attached hydrogens (tertiary/aromatic N) is 2. The summed E-state index contributed by atoms with van der Waals surface area (Å²) >= 11 is 0. The zero-order valence-corrected chi connectivity index (χ0v) is 13.0. The van der Waals surface area contributed by atoms with Gasteiger partial charge in [0.15, 0.2) is 0 Å². The van der Waals surface area contributed by atoms with Crippen LogP contribution in [-0.4, -0.2) is 63.9 Å². The van der Waals surface area contributed by atoms with Crippen LogP contribution in [0.2, 0.25) is 0 Å². The topological polar surface area (TPSA) is 52.7 Å². The lowest BCUT2D eigenvalue weighted by atomic mass is 10.2. The molecule has 1 aromatic rings. The molecule has 1 aromatic carbocycles. The molecule has 1 fully saturated rings. The first-order chi connectivity index (χ1) is 9.50. The highest BCUT2D eigenvalue weighted by Crippen LogP contribution is 2.15. The van der Waals surface area contributed by atoms with E-state index in [9.17, 15) is 8.42 Å². The Kier molecular flexibility index (Phi) is 5.15. The summed E-state index contributed by atoms with van der Waals surface area (Å²) < 4.78 is 26.4. The van der Waals surface area contributed by atoms with Gasteiger partial charge < -0.3 is 5.32 Å². The normalized spacial score (nSPS) is 17.6. The molecule has 0 unspecified atom stereocenters. The number of aryl methyl sites for hydroxylation is 1. The largest absolute Gasteiger partial charge is 0.314 e. The van der Waals surface area contributed by atoms with Crippen LogP contribution in [0.15, 0.2) is 29.2 Å². The quantitative estimate of drug-likeness (QED) is 0.861. The fourth-order valence-electron chi connectivity index (χ4n) is 2.29. The third kappa shape index (κ3) is 3.79. The van der Waals surface area contributed by atoms with E-state index in [1.807, 2.05) is 13.0 Å². The van der Waals surface area contributed by atoms with Crippen molar-refractivity contribution in [1.82, 2.24) is 14.5 Å². The van der Waals surface area contributed by atoms with Crippen LogP contribution in [0, 0.1) is 6.92 Å². The molecule has 0 saturated carbocycles. The fourth-order valence-corrected chi connectivity index (χ4v) is 3.56. The van der Waals surface area contributed by atoms with E-state index in [1.165, 1.54) is 4.31 Å². The molecule has 0 spiro atoms. The number of piperazine rings is 1. The van der Waals surface area contributed by atoms with Gasteiger partial charge in [0.2, 0.25) is 10.0 Å². The molecular formula is C14H23N3O2S. The molecule has 112 valence electrons. The van der Waals surface area contributed by atoms with Crippen LogP contribution in [0.4, 0.5) is 0 Å². The summed E-state index contributed by atoms with van der Waals surface area (Å²) in [6, 6.07) is 7.06. The Morgan fingerprint density at radius 2 is 2.00 bits per heavy atom. The Bertz CT molecular complexity index is 539. The van der Waals surface area contributed by atoms with Crippen molar-refractivity contribution in [3.63, 3.8) is 0 Å². The number of rotatable bonds is 5. The Balaban J connectivity index is 1.98. The maximum Gasteiger partial charge on any atom is 0.242 e. The second-order valence-electron chi connectivity index (χ2n) is 5.23. The van der Waals surface area contributed by atoms with E-state index in [2.05, 4.69) is 10.2 Å². The Hall–Kier alpha value is -0.950. The summed E-state index contributed by atoms with van der Waals surface area (Å²) in [5, 5.41) is 3.29. The van der Waals surface area contributed by atoms with Gasteiger partial charge in [-0.25, -0.2) is 8.42 Å². The van der Waals surface area contributed by atoms with E-state index < -0.39 is 10.0 Å². The van der Waals surface area contributed by atoms with Gasteiger partial charge in [0.25, 0.3) is 0 Å². The van der Waals surface area contributed by atoms with Crippen LogP contribution in [0.25, 0.3) is 0 Å². The number of hydrogen-bond donors (Lipinski definition) is 1. The molecule has 1 N–H and O–H groups in total. The van der Waals surface area contributed by atoms with Crippen molar-refractivity contribution in [2.24, 2.45) is 0 Å². The van der Waals surface area contributed by atoms with Crippen molar-refractivity contribution in [1.29, 1.82) is 0 Å². The van der Waals surface area contributed by atoms with Gasteiger partial charge in [-0.2, -0.15) is 4.31 Å². The van der Waals surface area contributed by atoms with E-state index in [0.717, 1.165) is 38.3 Å². The molecule has 0 radical (unpaired) electrons. The molecule has 2 rings (SSSR count). The van der Waals surface area contributed by atoms with Crippen molar-refractivity contribution >= 4 is 10.0 Å². The third-order valence-corrected chi connectivity index (χ3v) is 5.49. The van der Waals surface area contributed by atoms with Gasteiger partial charge in [0.1, 0.15) is 0 Å². The summed E-state index contributed by atoms with van der Waals surface area (Å²) in [5.74, 6) is 0. The highest BCUT2D eigenvalue weighted by Gasteiger charge is 2.21. The standard InChI is InChI=1S/C14H23N3O2S/c1-13-4-3-5-14(12-13)20(18,19)16(2)10-11-17-8-6-15-7-9-17/h3-5,12,15H,6-11H2,1-2H3. The van der Waals surface area contributed by atoms with E-state index in [0.29, 0.717) is 11.4 Å². The van der Waals surface area contributed by atoms with Crippen molar-refractivity contribution < 1.29 is 8.42 Å². The molecule has 5 nitrogen and oxygen atoms in total. The predicted octanol–water partition coefficient (Wildman–Crippen LogP) is 0.521. The highest BCUT2D eigenvalue weighted by atomic mass is 32.2. The van der Waals surface area contributed by atoms with Crippen molar-refractivity contribution in [2.75, 3.05) is 46.3 Å². The maximum atomic E-state index is 12.5. The average molecular weight is 297 g/mol. The van der Waals surface area contributed by atoms with Gasteiger partial charge in [-0.1, -0.05) is 12.1 Å². The predicted molar refractivity (Wildman–Crippen MR) is 80.3 cm³/mol. The van der Waals surface area contributed by atoms with E-state index in [-0.39, 0.29) is 0 Å². The van der Waals surface area contributed by atoms with Gasteiger partial charge in [-0.05, 0) is 24.6 Å². The van der Waals surface area contributed by atoms with Gasteiger partial charge in [-0.3, -0.25) is 4.90 Å². The smallest absolute Gasteiger partial charge is 0.242 e. The fraction of sp³-hybridized carbons (Fsp3) is 0.571. The zero-order valence-electron chi connectivity index (χ0n) is 12.2. The van der Waals surface area contributed by atoms with E-state index >= 15 is 0 Å². The number of sulfonamides is 1. The molecule has 20 heavy (non-hydrogen) atoms. The molecule has 0 aromatic heterocycles. The van der Waals surface area contributed by atoms with Crippen molar-refractivity contribution in [3.05, 3.63) is 29.8 Å². The zero-order chi connectivity index (χ0) is 14.6. The molecule has 0 bridgehead atoms. The molecule has 0 atom stereocenters. The lowest BCUT2D eigenvalue weighted by Gasteiger charge is -2.28. The average Bonchev–Trinajstić information content (AvgIpc) is 2.45. The minimum absolute atomic E-state index is 0.375. The minimum Gasteiger partial charge on any atom is -0.314 e. The van der Waals surface area contributed by atoms with Crippen LogP contribution in [0.5, 0.6) is 0 Å². The van der Waals surface area contributed by atoms with Gasteiger partial charge in [0, 0.05) is 46.3 Å².